The fourth-order valence-electron chi connectivity index (χ4n) is 3.50. The molecule has 5 nitrogen and oxygen atoms in total. The number of carbonyl (C=O) groups excluding carboxylic acids is 1. The smallest absolute Gasteiger partial charge is 0.317 e. The lowest BCUT2D eigenvalue weighted by Crippen LogP contribution is -2.54. The minimum Gasteiger partial charge on any atom is -0.393 e. The molecule has 0 unspecified atom stereocenters. The highest BCUT2D eigenvalue weighted by molar-refractivity contribution is 5.74. The summed E-state index contributed by atoms with van der Waals surface area (Å²) >= 11 is 0. The third-order valence-corrected chi connectivity index (χ3v) is 5.10. The first-order chi connectivity index (χ1) is 11.6. The molecule has 132 valence electrons. The Morgan fingerprint density at radius 1 is 1.42 bits per heavy atom. The fraction of sp³-hybridized carbons (Fsp3) is 0.632. The lowest BCUT2D eigenvalue weighted by Gasteiger charge is -2.36. The molecule has 2 amide bonds. The maximum Gasteiger partial charge on any atom is 0.317 e. The summed E-state index contributed by atoms with van der Waals surface area (Å²) in [4.78, 5) is 14.4. The van der Waals surface area contributed by atoms with E-state index < -0.39 is 6.10 Å². The van der Waals surface area contributed by atoms with Crippen molar-refractivity contribution in [3.05, 3.63) is 35.9 Å². The van der Waals surface area contributed by atoms with Gasteiger partial charge in [-0.05, 0) is 43.6 Å². The molecular weight excluding hydrogens is 304 g/mol. The highest BCUT2D eigenvalue weighted by atomic mass is 16.5. The van der Waals surface area contributed by atoms with Crippen LogP contribution in [0.5, 0.6) is 0 Å². The number of rotatable bonds is 6. The fourth-order valence-corrected chi connectivity index (χ4v) is 3.50. The second kappa shape index (κ2) is 7.53. The van der Waals surface area contributed by atoms with E-state index in [9.17, 15) is 9.90 Å². The number of nitrogens with zero attached hydrogens (tertiary/aromatic N) is 1. The van der Waals surface area contributed by atoms with Gasteiger partial charge in [0.1, 0.15) is 0 Å². The van der Waals surface area contributed by atoms with Crippen LogP contribution in [0.2, 0.25) is 0 Å². The summed E-state index contributed by atoms with van der Waals surface area (Å²) in [6.07, 6.45) is 3.49. The molecule has 1 aliphatic heterocycles. The Hall–Kier alpha value is -1.59. The van der Waals surface area contributed by atoms with Crippen molar-refractivity contribution in [3.63, 3.8) is 0 Å². The van der Waals surface area contributed by atoms with E-state index in [4.69, 9.17) is 4.74 Å². The summed E-state index contributed by atoms with van der Waals surface area (Å²) in [7, 11) is 0. The third kappa shape index (κ3) is 4.48. The van der Waals surface area contributed by atoms with Gasteiger partial charge in [0.25, 0.3) is 0 Å². The minimum atomic E-state index is -0.431. The van der Waals surface area contributed by atoms with Gasteiger partial charge in [-0.15, -0.1) is 0 Å². The van der Waals surface area contributed by atoms with E-state index in [2.05, 4.69) is 29.6 Å². The number of ether oxygens (including phenoxy) is 1. The van der Waals surface area contributed by atoms with Crippen molar-refractivity contribution in [1.29, 1.82) is 0 Å². The number of nitrogens with one attached hydrogen (secondary N) is 1. The van der Waals surface area contributed by atoms with E-state index in [0.29, 0.717) is 26.2 Å². The molecule has 0 aromatic heterocycles. The van der Waals surface area contributed by atoms with Crippen LogP contribution in [0.1, 0.15) is 31.7 Å². The quantitative estimate of drug-likeness (QED) is 0.839. The molecule has 2 aliphatic rings. The Labute approximate surface area is 144 Å². The predicted octanol–water partition coefficient (Wildman–Crippen LogP) is 2.19. The Morgan fingerprint density at radius 2 is 2.17 bits per heavy atom. The van der Waals surface area contributed by atoms with Gasteiger partial charge < -0.3 is 20.1 Å². The van der Waals surface area contributed by atoms with Gasteiger partial charge in [0, 0.05) is 13.1 Å². The molecule has 1 aliphatic carbocycles. The van der Waals surface area contributed by atoms with Crippen molar-refractivity contribution in [1.82, 2.24) is 10.2 Å². The van der Waals surface area contributed by atoms with Crippen LogP contribution in [0.25, 0.3) is 0 Å². The SMILES string of the molecule is C[C@@H](O)C[C@H]1COCCN1C(=O)NCC1(Cc2ccccc2)CC1. The van der Waals surface area contributed by atoms with Gasteiger partial charge in [-0.3, -0.25) is 0 Å². The monoisotopic (exact) mass is 332 g/mol. The molecule has 2 fully saturated rings. The Balaban J connectivity index is 1.52. The number of amides is 2. The molecule has 1 aromatic rings. The van der Waals surface area contributed by atoms with Gasteiger partial charge in [-0.25, -0.2) is 4.79 Å². The number of hydrogen-bond acceptors (Lipinski definition) is 3. The summed E-state index contributed by atoms with van der Waals surface area (Å²) in [5.74, 6) is 0. The molecule has 0 radical (unpaired) electrons. The number of carbonyl (C=O) groups is 1. The second-order valence-corrected chi connectivity index (χ2v) is 7.33. The first-order valence-corrected chi connectivity index (χ1v) is 8.92. The Morgan fingerprint density at radius 3 is 2.83 bits per heavy atom. The largest absolute Gasteiger partial charge is 0.393 e. The number of benzene rings is 1. The van der Waals surface area contributed by atoms with E-state index >= 15 is 0 Å². The van der Waals surface area contributed by atoms with Crippen LogP contribution in [-0.4, -0.2) is 54.5 Å². The van der Waals surface area contributed by atoms with Crippen LogP contribution in [0.4, 0.5) is 4.79 Å². The maximum absolute atomic E-state index is 12.6. The summed E-state index contributed by atoms with van der Waals surface area (Å²) < 4.78 is 5.47. The first-order valence-electron chi connectivity index (χ1n) is 8.92. The molecule has 3 rings (SSSR count). The number of urea groups is 1. The van der Waals surface area contributed by atoms with Crippen LogP contribution in [0, 0.1) is 5.41 Å². The number of hydrogen-bond donors (Lipinski definition) is 2. The Bertz CT molecular complexity index is 543. The van der Waals surface area contributed by atoms with Crippen molar-refractivity contribution in [2.24, 2.45) is 5.41 Å². The normalized spacial score (nSPS) is 23.6. The van der Waals surface area contributed by atoms with Crippen molar-refractivity contribution >= 4 is 6.03 Å². The molecule has 2 N–H and O–H groups in total. The maximum atomic E-state index is 12.6. The lowest BCUT2D eigenvalue weighted by molar-refractivity contribution is -0.00451. The van der Waals surface area contributed by atoms with E-state index in [1.165, 1.54) is 18.4 Å². The van der Waals surface area contributed by atoms with E-state index in [0.717, 1.165) is 13.0 Å². The first kappa shape index (κ1) is 17.2. The number of morpholine rings is 1. The molecule has 2 atom stereocenters. The average molecular weight is 332 g/mol. The van der Waals surface area contributed by atoms with Crippen LogP contribution in [0.3, 0.4) is 0 Å². The zero-order valence-corrected chi connectivity index (χ0v) is 14.4. The number of aliphatic hydroxyl groups excluding tert-OH is 1. The molecule has 1 saturated carbocycles. The molecule has 1 aromatic carbocycles. The zero-order valence-electron chi connectivity index (χ0n) is 14.4. The van der Waals surface area contributed by atoms with Crippen LogP contribution in [-0.2, 0) is 11.2 Å². The summed E-state index contributed by atoms with van der Waals surface area (Å²) in [5.41, 5.74) is 1.56. The van der Waals surface area contributed by atoms with Gasteiger partial charge in [-0.1, -0.05) is 30.3 Å². The average Bonchev–Trinajstić information content (AvgIpc) is 3.33. The topological polar surface area (TPSA) is 61.8 Å². The summed E-state index contributed by atoms with van der Waals surface area (Å²) in [6.45, 7) is 4.14. The molecule has 1 saturated heterocycles. The lowest BCUT2D eigenvalue weighted by atomic mass is 9.96. The molecule has 1 heterocycles. The summed E-state index contributed by atoms with van der Waals surface area (Å²) in [5, 5.41) is 12.8. The minimum absolute atomic E-state index is 0.0247. The van der Waals surface area contributed by atoms with E-state index in [1.54, 1.807) is 6.92 Å². The third-order valence-electron chi connectivity index (χ3n) is 5.10. The van der Waals surface area contributed by atoms with Crippen molar-refractivity contribution in [3.8, 4) is 0 Å². The highest BCUT2D eigenvalue weighted by Crippen LogP contribution is 2.47. The van der Waals surface area contributed by atoms with Gasteiger partial charge >= 0.3 is 6.03 Å². The van der Waals surface area contributed by atoms with Crippen LogP contribution >= 0.6 is 0 Å². The summed E-state index contributed by atoms with van der Waals surface area (Å²) in [6, 6.07) is 10.4. The van der Waals surface area contributed by atoms with Crippen LogP contribution < -0.4 is 5.32 Å². The predicted molar refractivity (Wildman–Crippen MR) is 92.8 cm³/mol. The van der Waals surface area contributed by atoms with Crippen molar-refractivity contribution < 1.29 is 14.6 Å². The van der Waals surface area contributed by atoms with Gasteiger partial charge in [0.15, 0.2) is 0 Å². The standard InChI is InChI=1S/C19H28N2O3/c1-15(22)11-17-13-24-10-9-21(17)18(23)20-14-19(7-8-19)12-16-5-3-2-4-6-16/h2-6,15,17,22H,7-14H2,1H3,(H,20,23)/t15-,17+/m1/s1. The van der Waals surface area contributed by atoms with Gasteiger partial charge in [0.05, 0.1) is 25.4 Å². The molecule has 0 bridgehead atoms. The highest BCUT2D eigenvalue weighted by Gasteiger charge is 2.43. The second-order valence-electron chi connectivity index (χ2n) is 7.33. The van der Waals surface area contributed by atoms with Gasteiger partial charge in [0.2, 0.25) is 0 Å². The van der Waals surface area contributed by atoms with E-state index in [1.807, 2.05) is 11.0 Å². The van der Waals surface area contributed by atoms with Crippen molar-refractivity contribution in [2.45, 2.75) is 44.8 Å². The Kier molecular flexibility index (Phi) is 5.41. The van der Waals surface area contributed by atoms with Crippen LogP contribution in [0.15, 0.2) is 30.3 Å². The number of aliphatic hydroxyl groups is 1. The molecular formula is C19H28N2O3. The molecule has 0 spiro atoms. The van der Waals surface area contributed by atoms with Gasteiger partial charge in [-0.2, -0.15) is 0 Å². The van der Waals surface area contributed by atoms with E-state index in [-0.39, 0.29) is 17.5 Å². The molecule has 24 heavy (non-hydrogen) atoms. The zero-order chi connectivity index (χ0) is 17.0. The molecule has 5 heteroatoms. The van der Waals surface area contributed by atoms with Crippen molar-refractivity contribution in [2.75, 3.05) is 26.3 Å².